The van der Waals surface area contributed by atoms with Crippen LogP contribution in [0.1, 0.15) is 51.5 Å². The van der Waals surface area contributed by atoms with E-state index in [1.54, 1.807) is 72.8 Å². The van der Waals surface area contributed by atoms with Gasteiger partial charge in [0.2, 0.25) is 0 Å². The molecule has 0 saturated carbocycles. The second-order valence-corrected chi connectivity index (χ2v) is 11.9. The highest BCUT2D eigenvalue weighted by Gasteiger charge is 2.30. The average Bonchev–Trinajstić information content (AvgIpc) is 2.93. The van der Waals surface area contributed by atoms with Crippen molar-refractivity contribution in [2.75, 3.05) is 4.31 Å². The lowest BCUT2D eigenvalue weighted by Crippen LogP contribution is -2.35. The molecule has 4 aromatic carbocycles. The van der Waals surface area contributed by atoms with Gasteiger partial charge in [-0.15, -0.1) is 0 Å². The van der Waals surface area contributed by atoms with Crippen molar-refractivity contribution in [3.8, 4) is 0 Å². The Morgan fingerprint density at radius 1 is 0.921 bits per heavy atom. The number of nitrogens with one attached hydrogen (secondary N) is 1. The molecule has 0 bridgehead atoms. The lowest BCUT2D eigenvalue weighted by Gasteiger charge is -2.29. The molecule has 0 unspecified atom stereocenters. The van der Waals surface area contributed by atoms with Crippen LogP contribution in [0, 0.1) is 6.92 Å². The van der Waals surface area contributed by atoms with Gasteiger partial charge in [-0.25, -0.2) is 8.42 Å². The van der Waals surface area contributed by atoms with Crippen LogP contribution in [-0.2, 0) is 23.0 Å². The molecule has 1 amide bonds. The zero-order valence-electron chi connectivity index (χ0n) is 21.1. The Morgan fingerprint density at radius 2 is 1.61 bits per heavy atom. The number of nitrogens with zero attached hydrogens (tertiary/aromatic N) is 1. The normalized spacial score (nSPS) is 14.9. The van der Waals surface area contributed by atoms with Crippen molar-refractivity contribution in [3.05, 3.63) is 130 Å². The predicted molar refractivity (Wildman–Crippen MR) is 152 cm³/mol. The molecule has 0 heterocycles. The Labute approximate surface area is 229 Å². The monoisotopic (exact) mass is 544 g/mol. The third kappa shape index (κ3) is 5.47. The van der Waals surface area contributed by atoms with Crippen LogP contribution >= 0.6 is 11.6 Å². The van der Waals surface area contributed by atoms with Gasteiger partial charge in [-0.1, -0.05) is 77.8 Å². The predicted octanol–water partition coefficient (Wildman–Crippen LogP) is 6.85. The number of benzene rings is 4. The fraction of sp³-hybridized carbons (Fsp3) is 0.194. The highest BCUT2D eigenvalue weighted by atomic mass is 35.5. The zero-order chi connectivity index (χ0) is 26.7. The molecule has 38 heavy (non-hydrogen) atoms. The van der Waals surface area contributed by atoms with Gasteiger partial charge < -0.3 is 5.32 Å². The van der Waals surface area contributed by atoms with E-state index in [1.165, 1.54) is 9.87 Å². The third-order valence-electron chi connectivity index (χ3n) is 6.94. The number of para-hydroxylation sites is 1. The zero-order valence-corrected chi connectivity index (χ0v) is 22.7. The third-order valence-corrected chi connectivity index (χ3v) is 8.97. The minimum atomic E-state index is -4.00. The fourth-order valence-electron chi connectivity index (χ4n) is 4.92. The van der Waals surface area contributed by atoms with Crippen molar-refractivity contribution in [3.63, 3.8) is 0 Å². The van der Waals surface area contributed by atoms with Crippen LogP contribution < -0.4 is 9.62 Å². The maximum Gasteiger partial charge on any atom is 0.264 e. The summed E-state index contributed by atoms with van der Waals surface area (Å²) in [4.78, 5) is 13.9. The standard InChI is InChI=1S/C31H29ClN2O3S/c1-22-13-19-26(20-14-22)38(36,37)34(21-23-15-17-25(32)18-16-23)30-12-5-4-10-28(30)31(35)33-29-11-6-8-24-7-2-3-9-27(24)29/h2-5,7,9-10,12-20,29H,6,8,11,21H2,1H3,(H,33,35)/t29-/m1/s1. The molecule has 1 N–H and O–H groups in total. The molecule has 5 rings (SSSR count). The fourth-order valence-corrected chi connectivity index (χ4v) is 6.51. The summed E-state index contributed by atoms with van der Waals surface area (Å²) in [7, 11) is -4.00. The van der Waals surface area contributed by atoms with E-state index in [0.29, 0.717) is 16.3 Å². The van der Waals surface area contributed by atoms with Gasteiger partial charge in [-0.05, 0) is 79.3 Å². The highest BCUT2D eigenvalue weighted by molar-refractivity contribution is 7.92. The van der Waals surface area contributed by atoms with Crippen molar-refractivity contribution in [1.82, 2.24) is 5.32 Å². The smallest absolute Gasteiger partial charge is 0.264 e. The van der Waals surface area contributed by atoms with Gasteiger partial charge in [0.1, 0.15) is 0 Å². The first-order valence-corrected chi connectivity index (χ1v) is 14.5. The van der Waals surface area contributed by atoms with E-state index in [9.17, 15) is 13.2 Å². The Bertz CT molecular complexity index is 1550. The molecule has 1 aliphatic carbocycles. The van der Waals surface area contributed by atoms with E-state index < -0.39 is 10.0 Å². The minimum Gasteiger partial charge on any atom is -0.345 e. The number of carbonyl (C=O) groups excluding carboxylic acids is 1. The summed E-state index contributed by atoms with van der Waals surface area (Å²) in [6, 6.07) is 28.7. The first-order valence-electron chi connectivity index (χ1n) is 12.6. The Balaban J connectivity index is 1.54. The van der Waals surface area contributed by atoms with E-state index in [-0.39, 0.29) is 23.4 Å². The highest BCUT2D eigenvalue weighted by Crippen LogP contribution is 2.33. The Kier molecular flexibility index (Phi) is 7.54. The molecule has 194 valence electrons. The molecule has 0 spiro atoms. The van der Waals surface area contributed by atoms with Gasteiger partial charge in [-0.3, -0.25) is 9.10 Å². The number of carbonyl (C=O) groups is 1. The number of hydrogen-bond donors (Lipinski definition) is 1. The van der Waals surface area contributed by atoms with E-state index >= 15 is 0 Å². The molecule has 0 saturated heterocycles. The van der Waals surface area contributed by atoms with E-state index in [1.807, 2.05) is 19.1 Å². The number of anilines is 1. The summed E-state index contributed by atoms with van der Waals surface area (Å²) in [6.45, 7) is 1.95. The number of rotatable bonds is 7. The first-order chi connectivity index (χ1) is 18.3. The van der Waals surface area contributed by atoms with Crippen molar-refractivity contribution in [2.24, 2.45) is 0 Å². The quantitative estimate of drug-likeness (QED) is 0.276. The summed E-state index contributed by atoms with van der Waals surface area (Å²) in [5.41, 5.74) is 4.70. The Hall–Kier alpha value is -3.61. The van der Waals surface area contributed by atoms with Crippen LogP contribution in [-0.4, -0.2) is 14.3 Å². The van der Waals surface area contributed by atoms with Crippen LogP contribution in [0.15, 0.2) is 102 Å². The molecule has 1 atom stereocenters. The Morgan fingerprint density at radius 3 is 2.37 bits per heavy atom. The molecule has 0 fully saturated rings. The molecular formula is C31H29ClN2O3S. The van der Waals surface area contributed by atoms with Gasteiger partial charge in [0.25, 0.3) is 15.9 Å². The van der Waals surface area contributed by atoms with Crippen LogP contribution in [0.4, 0.5) is 5.69 Å². The summed E-state index contributed by atoms with van der Waals surface area (Å²) < 4.78 is 29.3. The maximum atomic E-state index is 14.0. The first kappa shape index (κ1) is 26.0. The van der Waals surface area contributed by atoms with Crippen LogP contribution in [0.25, 0.3) is 0 Å². The maximum absolute atomic E-state index is 14.0. The van der Waals surface area contributed by atoms with Gasteiger partial charge >= 0.3 is 0 Å². The van der Waals surface area contributed by atoms with Crippen molar-refractivity contribution in [2.45, 2.75) is 43.7 Å². The summed E-state index contributed by atoms with van der Waals surface area (Å²) in [5, 5.41) is 3.74. The second-order valence-electron chi connectivity index (χ2n) is 9.59. The number of fused-ring (bicyclic) bond motifs is 1. The van der Waals surface area contributed by atoms with Crippen LogP contribution in [0.2, 0.25) is 5.02 Å². The molecule has 5 nitrogen and oxygen atoms in total. The van der Waals surface area contributed by atoms with Crippen LogP contribution in [0.3, 0.4) is 0 Å². The van der Waals surface area contributed by atoms with Gasteiger partial charge in [0, 0.05) is 5.02 Å². The lowest BCUT2D eigenvalue weighted by molar-refractivity contribution is 0.0933. The average molecular weight is 545 g/mol. The molecule has 0 radical (unpaired) electrons. The second kappa shape index (κ2) is 11.0. The van der Waals surface area contributed by atoms with Gasteiger partial charge in [-0.2, -0.15) is 0 Å². The van der Waals surface area contributed by atoms with E-state index in [2.05, 4.69) is 17.4 Å². The summed E-state index contributed by atoms with van der Waals surface area (Å²) in [6.07, 6.45) is 2.80. The number of aryl methyl sites for hydroxylation is 2. The molecule has 0 aliphatic heterocycles. The number of sulfonamides is 1. The molecule has 1 aliphatic rings. The number of amides is 1. The van der Waals surface area contributed by atoms with Crippen molar-refractivity contribution < 1.29 is 13.2 Å². The lowest BCUT2D eigenvalue weighted by atomic mass is 9.87. The van der Waals surface area contributed by atoms with Gasteiger partial charge in [0.15, 0.2) is 0 Å². The number of hydrogen-bond acceptors (Lipinski definition) is 3. The van der Waals surface area contributed by atoms with Crippen molar-refractivity contribution >= 4 is 33.2 Å². The topological polar surface area (TPSA) is 66.5 Å². The summed E-state index contributed by atoms with van der Waals surface area (Å²) in [5.74, 6) is -0.303. The van der Waals surface area contributed by atoms with Crippen molar-refractivity contribution in [1.29, 1.82) is 0 Å². The molecule has 4 aromatic rings. The molecule has 0 aromatic heterocycles. The molecule has 7 heteroatoms. The van der Waals surface area contributed by atoms with Crippen LogP contribution in [0.5, 0.6) is 0 Å². The molecular weight excluding hydrogens is 516 g/mol. The number of halogens is 1. The van der Waals surface area contributed by atoms with E-state index in [0.717, 1.165) is 36.0 Å². The van der Waals surface area contributed by atoms with Gasteiger partial charge in [0.05, 0.1) is 28.7 Å². The SMILES string of the molecule is Cc1ccc(S(=O)(=O)N(Cc2ccc(Cl)cc2)c2ccccc2C(=O)N[C@@H]2CCCc3ccccc32)cc1. The largest absolute Gasteiger partial charge is 0.345 e. The summed E-state index contributed by atoms with van der Waals surface area (Å²) >= 11 is 6.08. The minimum absolute atomic E-state index is 0.0456. The van der Waals surface area contributed by atoms with E-state index in [4.69, 9.17) is 11.6 Å².